The summed E-state index contributed by atoms with van der Waals surface area (Å²) in [5.74, 6) is 0.900. The molecule has 1 aliphatic heterocycles. The van der Waals surface area contributed by atoms with Crippen LogP contribution in [0.4, 0.5) is 0 Å². The minimum Gasteiger partial charge on any atom is -0.353 e. The van der Waals surface area contributed by atoms with Crippen LogP contribution in [0.15, 0.2) is 0 Å². The topological polar surface area (TPSA) is 44.4 Å². The summed E-state index contributed by atoms with van der Waals surface area (Å²) in [6.07, 6.45) is 2.36. The van der Waals surface area contributed by atoms with Crippen molar-refractivity contribution in [3.8, 4) is 0 Å². The minimum atomic E-state index is -0.00163. The van der Waals surface area contributed by atoms with Crippen LogP contribution in [0.1, 0.15) is 40.5 Å². The first-order valence-electron chi connectivity index (χ1n) is 7.17. The predicted octanol–water partition coefficient (Wildman–Crippen LogP) is 1.22. The van der Waals surface area contributed by atoms with Gasteiger partial charge in [-0.2, -0.15) is 0 Å². The van der Waals surface area contributed by atoms with Crippen LogP contribution in [0, 0.1) is 5.92 Å². The molecule has 1 fully saturated rings. The maximum atomic E-state index is 12.0. The summed E-state index contributed by atoms with van der Waals surface area (Å²) < 4.78 is 0. The van der Waals surface area contributed by atoms with Gasteiger partial charge >= 0.3 is 0 Å². The average molecular weight is 255 g/mol. The molecule has 106 valence electrons. The first kappa shape index (κ1) is 15.4. The summed E-state index contributed by atoms with van der Waals surface area (Å²) in [5, 5.41) is 6.32. The van der Waals surface area contributed by atoms with E-state index in [0.29, 0.717) is 6.04 Å². The number of hydrogen-bond acceptors (Lipinski definition) is 3. The van der Waals surface area contributed by atoms with Crippen molar-refractivity contribution in [2.24, 2.45) is 5.92 Å². The van der Waals surface area contributed by atoms with Crippen molar-refractivity contribution in [1.82, 2.24) is 15.5 Å². The molecular formula is C14H29N3O. The maximum absolute atomic E-state index is 12.0. The number of hydrogen-bond donors (Lipinski definition) is 2. The van der Waals surface area contributed by atoms with Gasteiger partial charge in [0.25, 0.3) is 0 Å². The molecule has 1 saturated heterocycles. The molecule has 2 unspecified atom stereocenters. The van der Waals surface area contributed by atoms with E-state index >= 15 is 0 Å². The van der Waals surface area contributed by atoms with E-state index in [2.05, 4.69) is 22.5 Å². The van der Waals surface area contributed by atoms with Gasteiger partial charge in [0, 0.05) is 12.1 Å². The van der Waals surface area contributed by atoms with E-state index in [1.165, 1.54) is 12.8 Å². The summed E-state index contributed by atoms with van der Waals surface area (Å²) >= 11 is 0. The van der Waals surface area contributed by atoms with Crippen molar-refractivity contribution in [1.29, 1.82) is 0 Å². The Balaban J connectivity index is 2.40. The zero-order chi connectivity index (χ0) is 13.7. The van der Waals surface area contributed by atoms with E-state index in [9.17, 15) is 4.79 Å². The predicted molar refractivity (Wildman–Crippen MR) is 75.6 cm³/mol. The summed E-state index contributed by atoms with van der Waals surface area (Å²) in [6.45, 7) is 10.3. The van der Waals surface area contributed by atoms with Crippen LogP contribution < -0.4 is 10.6 Å². The second-order valence-electron chi connectivity index (χ2n) is 5.79. The van der Waals surface area contributed by atoms with Gasteiger partial charge in [-0.3, -0.25) is 9.69 Å². The van der Waals surface area contributed by atoms with E-state index in [4.69, 9.17) is 0 Å². The highest BCUT2D eigenvalue weighted by Crippen LogP contribution is 2.21. The van der Waals surface area contributed by atoms with Crippen molar-refractivity contribution in [2.45, 2.75) is 58.7 Å². The minimum absolute atomic E-state index is 0.00163. The molecule has 18 heavy (non-hydrogen) atoms. The van der Waals surface area contributed by atoms with Crippen molar-refractivity contribution in [3.63, 3.8) is 0 Å². The van der Waals surface area contributed by atoms with Gasteiger partial charge < -0.3 is 10.6 Å². The van der Waals surface area contributed by atoms with Crippen molar-refractivity contribution in [3.05, 3.63) is 0 Å². The van der Waals surface area contributed by atoms with Crippen LogP contribution in [0.5, 0.6) is 0 Å². The number of carbonyl (C=O) groups is 1. The van der Waals surface area contributed by atoms with Gasteiger partial charge in [-0.05, 0) is 66.6 Å². The smallest absolute Gasteiger partial charge is 0.237 e. The Labute approximate surface area is 111 Å². The number of nitrogens with zero attached hydrogens (tertiary/aromatic N) is 1. The molecule has 2 N–H and O–H groups in total. The molecule has 0 saturated carbocycles. The van der Waals surface area contributed by atoms with Crippen LogP contribution in [0.25, 0.3) is 0 Å². The molecule has 1 heterocycles. The summed E-state index contributed by atoms with van der Waals surface area (Å²) in [5.41, 5.74) is 0. The van der Waals surface area contributed by atoms with Gasteiger partial charge in [-0.25, -0.2) is 0 Å². The second kappa shape index (κ2) is 7.10. The molecule has 4 nitrogen and oxygen atoms in total. The molecule has 2 atom stereocenters. The van der Waals surface area contributed by atoms with Crippen molar-refractivity contribution in [2.75, 3.05) is 20.1 Å². The normalized spacial score (nSPS) is 21.9. The van der Waals surface area contributed by atoms with Gasteiger partial charge in [0.15, 0.2) is 0 Å². The Hall–Kier alpha value is -0.610. The largest absolute Gasteiger partial charge is 0.353 e. The van der Waals surface area contributed by atoms with Crippen LogP contribution in [-0.2, 0) is 4.79 Å². The van der Waals surface area contributed by atoms with E-state index in [1.54, 1.807) is 0 Å². The van der Waals surface area contributed by atoms with Crippen LogP contribution in [-0.4, -0.2) is 49.1 Å². The lowest BCUT2D eigenvalue weighted by molar-refractivity contribution is -0.127. The zero-order valence-corrected chi connectivity index (χ0v) is 12.5. The molecule has 0 aromatic carbocycles. The Morgan fingerprint density at radius 1 is 1.17 bits per heavy atom. The molecule has 1 aliphatic rings. The molecule has 1 rings (SSSR count). The maximum Gasteiger partial charge on any atom is 0.237 e. The molecular weight excluding hydrogens is 226 g/mol. The standard InChI is InChI=1S/C14H29N3O/c1-10(2)16-14(18)12(4)17-8-6-13(7-9-17)11(3)15-5/h10-13,15H,6-9H2,1-5H3,(H,16,18). The quantitative estimate of drug-likeness (QED) is 0.776. The fourth-order valence-electron chi connectivity index (χ4n) is 2.61. The lowest BCUT2D eigenvalue weighted by atomic mass is 9.90. The van der Waals surface area contributed by atoms with Gasteiger partial charge in [0.05, 0.1) is 6.04 Å². The number of likely N-dealkylation sites (tertiary alicyclic amines) is 1. The van der Waals surface area contributed by atoms with E-state index in [1.807, 2.05) is 27.8 Å². The highest BCUT2D eigenvalue weighted by molar-refractivity contribution is 5.81. The number of carbonyl (C=O) groups excluding carboxylic acids is 1. The number of nitrogens with one attached hydrogen (secondary N) is 2. The molecule has 1 amide bonds. The Bertz CT molecular complexity index is 260. The second-order valence-corrected chi connectivity index (χ2v) is 5.79. The third kappa shape index (κ3) is 4.25. The first-order chi connectivity index (χ1) is 8.45. The van der Waals surface area contributed by atoms with E-state index in [0.717, 1.165) is 19.0 Å². The number of rotatable bonds is 5. The van der Waals surface area contributed by atoms with Crippen molar-refractivity contribution < 1.29 is 4.79 Å². The Morgan fingerprint density at radius 3 is 2.17 bits per heavy atom. The fourth-order valence-corrected chi connectivity index (χ4v) is 2.61. The van der Waals surface area contributed by atoms with Gasteiger partial charge in [-0.15, -0.1) is 0 Å². The zero-order valence-electron chi connectivity index (χ0n) is 12.5. The van der Waals surface area contributed by atoms with Gasteiger partial charge in [-0.1, -0.05) is 0 Å². The van der Waals surface area contributed by atoms with E-state index < -0.39 is 0 Å². The molecule has 0 aromatic rings. The van der Waals surface area contributed by atoms with E-state index in [-0.39, 0.29) is 18.0 Å². The molecule has 0 spiro atoms. The summed E-state index contributed by atoms with van der Waals surface area (Å²) in [6, 6.07) is 0.798. The number of amides is 1. The van der Waals surface area contributed by atoms with Crippen LogP contribution in [0.3, 0.4) is 0 Å². The Morgan fingerprint density at radius 2 is 1.72 bits per heavy atom. The molecule has 0 bridgehead atoms. The lowest BCUT2D eigenvalue weighted by Gasteiger charge is -2.37. The highest BCUT2D eigenvalue weighted by atomic mass is 16.2. The van der Waals surface area contributed by atoms with Crippen molar-refractivity contribution >= 4 is 5.91 Å². The van der Waals surface area contributed by atoms with Gasteiger partial charge in [0.1, 0.15) is 0 Å². The molecule has 4 heteroatoms. The average Bonchev–Trinajstić information content (AvgIpc) is 2.36. The third-order valence-electron chi connectivity index (χ3n) is 4.09. The molecule has 0 radical (unpaired) electrons. The third-order valence-corrected chi connectivity index (χ3v) is 4.09. The van der Waals surface area contributed by atoms with Gasteiger partial charge in [0.2, 0.25) is 5.91 Å². The molecule has 0 aliphatic carbocycles. The first-order valence-corrected chi connectivity index (χ1v) is 7.17. The number of piperidine rings is 1. The summed E-state index contributed by atoms with van der Waals surface area (Å²) in [7, 11) is 2.02. The van der Waals surface area contributed by atoms with Crippen LogP contribution in [0.2, 0.25) is 0 Å². The lowest BCUT2D eigenvalue weighted by Crippen LogP contribution is -2.51. The monoisotopic (exact) mass is 255 g/mol. The SMILES string of the molecule is CNC(C)C1CCN(C(C)C(=O)NC(C)C)CC1. The fraction of sp³-hybridized carbons (Fsp3) is 0.929. The Kier molecular flexibility index (Phi) is 6.09. The van der Waals surface area contributed by atoms with Crippen LogP contribution >= 0.6 is 0 Å². The summed E-state index contributed by atoms with van der Waals surface area (Å²) in [4.78, 5) is 14.3. The molecule has 0 aromatic heterocycles. The highest BCUT2D eigenvalue weighted by Gasteiger charge is 2.28.